The lowest BCUT2D eigenvalue weighted by Gasteiger charge is -2.11. The van der Waals surface area contributed by atoms with Crippen molar-refractivity contribution < 1.29 is 36.2 Å². The average molecular weight is 458 g/mol. The normalized spacial score (nSPS) is 11.6. The zero-order valence-electron chi connectivity index (χ0n) is 16.1. The van der Waals surface area contributed by atoms with Gasteiger partial charge in [-0.15, -0.1) is 0 Å². The maximum absolute atomic E-state index is 13.7. The van der Waals surface area contributed by atoms with Crippen LogP contribution in [0.25, 0.3) is 5.69 Å². The molecule has 0 fully saturated rings. The number of urea groups is 1. The summed E-state index contributed by atoms with van der Waals surface area (Å²) >= 11 is 0. The largest absolute Gasteiger partial charge is 0.435 e. The molecule has 0 aliphatic rings. The number of rotatable bonds is 6. The average Bonchev–Trinajstić information content (AvgIpc) is 3.17. The molecule has 0 unspecified atom stereocenters. The van der Waals surface area contributed by atoms with Crippen LogP contribution in [0.2, 0.25) is 0 Å². The van der Waals surface area contributed by atoms with E-state index in [1.54, 1.807) is 0 Å². The number of alkyl halides is 5. The fourth-order valence-electron chi connectivity index (χ4n) is 2.80. The standard InChI is InChI=1S/C20H16F6N4O2/c21-16-7-13(5-4-12(16)10-31)28-19(32)27-9-15-8-17(20(24,25)26)29-30(15)14-3-1-2-11(6-14)18(22)23/h1-8,18,31H,9-10H2,(H2,27,28,32). The van der Waals surface area contributed by atoms with E-state index < -0.39 is 48.9 Å². The van der Waals surface area contributed by atoms with Gasteiger partial charge >= 0.3 is 12.2 Å². The van der Waals surface area contributed by atoms with Crippen molar-refractivity contribution in [2.45, 2.75) is 25.8 Å². The van der Waals surface area contributed by atoms with E-state index in [9.17, 15) is 31.1 Å². The predicted molar refractivity (Wildman–Crippen MR) is 102 cm³/mol. The highest BCUT2D eigenvalue weighted by Crippen LogP contribution is 2.30. The molecule has 1 aromatic heterocycles. The molecule has 0 aliphatic heterocycles. The zero-order valence-corrected chi connectivity index (χ0v) is 16.1. The lowest BCUT2D eigenvalue weighted by molar-refractivity contribution is -0.141. The number of anilines is 1. The number of hydrogen-bond acceptors (Lipinski definition) is 3. The van der Waals surface area contributed by atoms with Crippen molar-refractivity contribution in [2.75, 3.05) is 5.32 Å². The van der Waals surface area contributed by atoms with Crippen LogP contribution < -0.4 is 10.6 Å². The summed E-state index contributed by atoms with van der Waals surface area (Å²) in [6, 6.07) is 8.04. The van der Waals surface area contributed by atoms with Gasteiger partial charge in [-0.3, -0.25) is 0 Å². The molecule has 12 heteroatoms. The second-order valence-electron chi connectivity index (χ2n) is 6.60. The Labute approximate surface area is 177 Å². The summed E-state index contributed by atoms with van der Waals surface area (Å²) in [6.07, 6.45) is -7.63. The molecule has 0 radical (unpaired) electrons. The number of carbonyl (C=O) groups is 1. The first-order chi connectivity index (χ1) is 15.1. The lowest BCUT2D eigenvalue weighted by Crippen LogP contribution is -2.29. The molecule has 2 aromatic carbocycles. The lowest BCUT2D eigenvalue weighted by atomic mass is 10.2. The highest BCUT2D eigenvalue weighted by molar-refractivity contribution is 5.89. The van der Waals surface area contributed by atoms with E-state index in [1.807, 2.05) is 0 Å². The minimum atomic E-state index is -4.80. The molecule has 3 N–H and O–H groups in total. The number of nitrogens with zero attached hydrogens (tertiary/aromatic N) is 2. The molecule has 0 bridgehead atoms. The monoisotopic (exact) mass is 458 g/mol. The minimum Gasteiger partial charge on any atom is -0.392 e. The number of hydrogen-bond donors (Lipinski definition) is 3. The fourth-order valence-corrected chi connectivity index (χ4v) is 2.80. The molecule has 6 nitrogen and oxygen atoms in total. The molecule has 1 heterocycles. The van der Waals surface area contributed by atoms with Gasteiger partial charge in [-0.1, -0.05) is 18.2 Å². The zero-order chi connectivity index (χ0) is 23.5. The molecular weight excluding hydrogens is 442 g/mol. The first kappa shape index (κ1) is 23.1. The molecule has 0 atom stereocenters. The van der Waals surface area contributed by atoms with Gasteiger partial charge in [0.2, 0.25) is 0 Å². The van der Waals surface area contributed by atoms with E-state index in [4.69, 9.17) is 5.11 Å². The Kier molecular flexibility index (Phi) is 6.72. The molecule has 32 heavy (non-hydrogen) atoms. The highest BCUT2D eigenvalue weighted by atomic mass is 19.4. The second kappa shape index (κ2) is 9.30. The Balaban J connectivity index is 1.81. The van der Waals surface area contributed by atoms with Crippen LogP contribution in [0.3, 0.4) is 0 Å². The van der Waals surface area contributed by atoms with Gasteiger partial charge in [-0.25, -0.2) is 22.6 Å². The van der Waals surface area contributed by atoms with Crippen molar-refractivity contribution in [3.63, 3.8) is 0 Å². The molecule has 2 amide bonds. The summed E-state index contributed by atoms with van der Waals surface area (Å²) in [4.78, 5) is 12.1. The maximum atomic E-state index is 13.7. The van der Waals surface area contributed by atoms with Gasteiger partial charge < -0.3 is 15.7 Å². The third-order valence-electron chi connectivity index (χ3n) is 4.35. The van der Waals surface area contributed by atoms with Crippen LogP contribution in [0.4, 0.5) is 36.8 Å². The van der Waals surface area contributed by atoms with Gasteiger partial charge in [0.1, 0.15) is 5.82 Å². The van der Waals surface area contributed by atoms with E-state index in [0.29, 0.717) is 6.07 Å². The van der Waals surface area contributed by atoms with Crippen LogP contribution in [-0.4, -0.2) is 20.9 Å². The molecule has 0 saturated heterocycles. The fraction of sp³-hybridized carbons (Fsp3) is 0.200. The number of benzene rings is 2. The molecule has 0 saturated carbocycles. The van der Waals surface area contributed by atoms with Crippen LogP contribution in [0.1, 0.15) is 28.9 Å². The summed E-state index contributed by atoms with van der Waals surface area (Å²) in [5, 5.41) is 17.0. The van der Waals surface area contributed by atoms with Crippen LogP contribution in [0.15, 0.2) is 48.5 Å². The van der Waals surface area contributed by atoms with E-state index in [2.05, 4.69) is 15.7 Å². The number of amides is 2. The van der Waals surface area contributed by atoms with Crippen LogP contribution >= 0.6 is 0 Å². The Bertz CT molecular complexity index is 1110. The Hall–Kier alpha value is -3.54. The Morgan fingerprint density at radius 2 is 1.88 bits per heavy atom. The predicted octanol–water partition coefficient (Wildman–Crippen LogP) is 4.78. The van der Waals surface area contributed by atoms with Crippen molar-refractivity contribution in [3.05, 3.63) is 76.9 Å². The van der Waals surface area contributed by atoms with Crippen molar-refractivity contribution >= 4 is 11.7 Å². The van der Waals surface area contributed by atoms with Gasteiger partial charge in [-0.05, 0) is 30.3 Å². The summed E-state index contributed by atoms with van der Waals surface area (Å²) in [7, 11) is 0. The van der Waals surface area contributed by atoms with Crippen molar-refractivity contribution in [1.29, 1.82) is 0 Å². The van der Waals surface area contributed by atoms with Gasteiger partial charge in [0, 0.05) is 16.8 Å². The van der Waals surface area contributed by atoms with Gasteiger partial charge in [-0.2, -0.15) is 18.3 Å². The topological polar surface area (TPSA) is 79.2 Å². The Morgan fingerprint density at radius 3 is 2.50 bits per heavy atom. The van der Waals surface area contributed by atoms with Gasteiger partial charge in [0.15, 0.2) is 5.69 Å². The Morgan fingerprint density at radius 1 is 1.12 bits per heavy atom. The molecular formula is C20H16F6N4O2. The molecule has 0 spiro atoms. The van der Waals surface area contributed by atoms with E-state index in [-0.39, 0.29) is 22.6 Å². The van der Waals surface area contributed by atoms with Crippen molar-refractivity contribution in [3.8, 4) is 5.69 Å². The molecule has 3 aromatic rings. The summed E-state index contributed by atoms with van der Waals surface area (Å²) < 4.78 is 79.9. The van der Waals surface area contributed by atoms with E-state index in [1.165, 1.54) is 24.3 Å². The summed E-state index contributed by atoms with van der Waals surface area (Å²) in [6.45, 7) is -0.971. The number of nitrogens with one attached hydrogen (secondary N) is 2. The molecule has 170 valence electrons. The third kappa shape index (κ3) is 5.38. The van der Waals surface area contributed by atoms with E-state index >= 15 is 0 Å². The van der Waals surface area contributed by atoms with Crippen LogP contribution in [0.5, 0.6) is 0 Å². The van der Waals surface area contributed by atoms with Gasteiger partial charge in [0.25, 0.3) is 6.43 Å². The van der Waals surface area contributed by atoms with Crippen LogP contribution in [0, 0.1) is 5.82 Å². The SMILES string of the molecule is O=C(NCc1cc(C(F)(F)F)nn1-c1cccc(C(F)F)c1)Nc1ccc(CO)c(F)c1. The van der Waals surface area contributed by atoms with Crippen LogP contribution in [-0.2, 0) is 19.3 Å². The molecule has 3 rings (SSSR count). The van der Waals surface area contributed by atoms with Gasteiger partial charge in [0.05, 0.1) is 24.5 Å². The first-order valence-corrected chi connectivity index (χ1v) is 9.07. The van der Waals surface area contributed by atoms with Crippen molar-refractivity contribution in [2.24, 2.45) is 0 Å². The number of halogens is 6. The number of aliphatic hydroxyl groups is 1. The quantitative estimate of drug-likeness (QED) is 0.465. The van der Waals surface area contributed by atoms with Crippen molar-refractivity contribution in [1.82, 2.24) is 15.1 Å². The maximum Gasteiger partial charge on any atom is 0.435 e. The number of aliphatic hydroxyl groups excluding tert-OH is 1. The number of carbonyl (C=O) groups excluding carboxylic acids is 1. The first-order valence-electron chi connectivity index (χ1n) is 9.07. The minimum absolute atomic E-state index is 0.0190. The molecule has 0 aliphatic carbocycles. The summed E-state index contributed by atoms with van der Waals surface area (Å²) in [5.74, 6) is -0.753. The third-order valence-corrected chi connectivity index (χ3v) is 4.35. The second-order valence-corrected chi connectivity index (χ2v) is 6.60. The van der Waals surface area contributed by atoms with E-state index in [0.717, 1.165) is 22.9 Å². The smallest absolute Gasteiger partial charge is 0.392 e. The highest BCUT2D eigenvalue weighted by Gasteiger charge is 2.35. The summed E-state index contributed by atoms with van der Waals surface area (Å²) in [5.41, 5.74) is -1.77. The number of aromatic nitrogens is 2.